The number of amides is 1. The number of hydrogen-bond donors (Lipinski definition) is 4. The molecule has 1 amide bonds. The molecule has 30 heavy (non-hydrogen) atoms. The van der Waals surface area contributed by atoms with Gasteiger partial charge in [0.1, 0.15) is 5.69 Å². The summed E-state index contributed by atoms with van der Waals surface area (Å²) in [5.41, 5.74) is 0.812. The summed E-state index contributed by atoms with van der Waals surface area (Å²) >= 11 is 6.16. The zero-order chi connectivity index (χ0) is 21.7. The number of halogens is 1. The second-order valence-electron chi connectivity index (χ2n) is 7.29. The highest BCUT2D eigenvalue weighted by Gasteiger charge is 2.28. The molecule has 0 spiro atoms. The number of carbonyl (C=O) groups excluding carboxylic acids is 1. The Morgan fingerprint density at radius 3 is 3.00 bits per heavy atom. The van der Waals surface area contributed by atoms with Crippen LogP contribution in [-0.2, 0) is 14.3 Å². The molecule has 2 unspecified atom stereocenters. The quantitative estimate of drug-likeness (QED) is 0.290. The number of carbonyl (C=O) groups is 1. The van der Waals surface area contributed by atoms with E-state index >= 15 is 0 Å². The normalized spacial score (nSPS) is 19.0. The molecule has 3 rings (SSSR count). The van der Waals surface area contributed by atoms with E-state index in [1.807, 2.05) is 4.90 Å². The number of fused-ring (bicyclic) bond motifs is 1. The Bertz CT molecular complexity index is 739. The van der Waals surface area contributed by atoms with Gasteiger partial charge >= 0.3 is 0 Å². The molecule has 0 radical (unpaired) electrons. The average Bonchev–Trinajstić information content (AvgIpc) is 3.34. The van der Waals surface area contributed by atoms with E-state index in [9.17, 15) is 4.79 Å². The molecular weight excluding hydrogens is 435 g/mol. The van der Waals surface area contributed by atoms with Crippen LogP contribution < -0.4 is 15.5 Å². The maximum absolute atomic E-state index is 11.9. The van der Waals surface area contributed by atoms with Gasteiger partial charge in [-0.2, -0.15) is 9.97 Å². The van der Waals surface area contributed by atoms with Gasteiger partial charge in [-0.1, -0.05) is 0 Å². The van der Waals surface area contributed by atoms with Crippen molar-refractivity contribution in [3.8, 4) is 0 Å². The zero-order valence-electron chi connectivity index (χ0n) is 17.0. The van der Waals surface area contributed by atoms with Crippen LogP contribution in [-0.4, -0.2) is 96.0 Å². The Balaban J connectivity index is 1.59. The van der Waals surface area contributed by atoms with Gasteiger partial charge in [0, 0.05) is 33.9 Å². The van der Waals surface area contributed by atoms with E-state index in [1.54, 1.807) is 14.2 Å². The Labute approximate surface area is 181 Å². The molecule has 2 aliphatic heterocycles. The number of aromatic nitrogens is 2. The highest BCUT2D eigenvalue weighted by molar-refractivity contribution is 7.46. The maximum Gasteiger partial charge on any atom is 0.231 e. The minimum Gasteiger partial charge on any atom is -0.380 e. The molecule has 3 heterocycles. The predicted molar refractivity (Wildman–Crippen MR) is 115 cm³/mol. The summed E-state index contributed by atoms with van der Waals surface area (Å²) in [6.07, 6.45) is 1.07. The van der Waals surface area contributed by atoms with Crippen LogP contribution in [0, 0.1) is 0 Å². The van der Waals surface area contributed by atoms with E-state index < -0.39 is 8.38 Å². The first-order chi connectivity index (χ1) is 14.4. The van der Waals surface area contributed by atoms with Crippen molar-refractivity contribution in [1.29, 1.82) is 0 Å². The lowest BCUT2D eigenvalue weighted by atomic mass is 10.2. The lowest BCUT2D eigenvalue weighted by Gasteiger charge is -2.25. The summed E-state index contributed by atoms with van der Waals surface area (Å²) in [5.74, 6) is 1.07. The predicted octanol–water partition coefficient (Wildman–Crippen LogP) is 0.680. The van der Waals surface area contributed by atoms with Crippen molar-refractivity contribution in [3.63, 3.8) is 0 Å². The van der Waals surface area contributed by atoms with Crippen LogP contribution >= 0.6 is 20.0 Å². The Kier molecular flexibility index (Phi) is 8.27. The van der Waals surface area contributed by atoms with Crippen LogP contribution in [0.3, 0.4) is 0 Å². The molecule has 13 heteroatoms. The number of methoxy groups -OCH3 is 1. The SMILES string of the molecule is COC(CCN1CNc2c(NC3CCOC3)nc(Cl)nc21)CN(C)C(=O)CP(O)O. The third-order valence-electron chi connectivity index (χ3n) is 5.11. The van der Waals surface area contributed by atoms with Crippen molar-refractivity contribution in [2.24, 2.45) is 0 Å². The summed E-state index contributed by atoms with van der Waals surface area (Å²) in [5, 5.41) is 6.87. The van der Waals surface area contributed by atoms with Crippen molar-refractivity contribution in [2.75, 3.05) is 68.8 Å². The summed E-state index contributed by atoms with van der Waals surface area (Å²) in [6, 6.07) is 0.195. The van der Waals surface area contributed by atoms with E-state index in [4.69, 9.17) is 30.9 Å². The summed E-state index contributed by atoms with van der Waals surface area (Å²) in [6.45, 7) is 2.91. The van der Waals surface area contributed by atoms with Gasteiger partial charge in [-0.15, -0.1) is 0 Å². The highest BCUT2D eigenvalue weighted by Crippen LogP contribution is 2.36. The fourth-order valence-electron chi connectivity index (χ4n) is 3.43. The second kappa shape index (κ2) is 10.7. The summed E-state index contributed by atoms with van der Waals surface area (Å²) in [7, 11) is 0.968. The van der Waals surface area contributed by atoms with Gasteiger partial charge in [-0.25, -0.2) is 0 Å². The number of nitrogens with zero attached hydrogens (tertiary/aromatic N) is 4. The molecular formula is C17H28ClN6O5P. The molecule has 1 saturated heterocycles. The van der Waals surface area contributed by atoms with E-state index in [0.29, 0.717) is 38.6 Å². The number of likely N-dealkylation sites (N-methyl/N-ethyl adjacent to an activating group) is 1. The fraction of sp³-hybridized carbons (Fsp3) is 0.706. The Morgan fingerprint density at radius 2 is 2.33 bits per heavy atom. The largest absolute Gasteiger partial charge is 0.380 e. The van der Waals surface area contributed by atoms with Gasteiger partial charge in [0.25, 0.3) is 0 Å². The van der Waals surface area contributed by atoms with E-state index in [-0.39, 0.29) is 29.5 Å². The third kappa shape index (κ3) is 6.03. The lowest BCUT2D eigenvalue weighted by molar-refractivity contribution is -0.128. The van der Waals surface area contributed by atoms with E-state index in [1.165, 1.54) is 4.90 Å². The lowest BCUT2D eigenvalue weighted by Crippen LogP contribution is -2.38. The molecule has 0 aromatic carbocycles. The van der Waals surface area contributed by atoms with Crippen LogP contribution in [0.15, 0.2) is 0 Å². The average molecular weight is 463 g/mol. The van der Waals surface area contributed by atoms with Crippen molar-refractivity contribution < 1.29 is 24.1 Å². The smallest absolute Gasteiger partial charge is 0.231 e. The molecule has 11 nitrogen and oxygen atoms in total. The minimum absolute atomic E-state index is 0.169. The van der Waals surface area contributed by atoms with Crippen LogP contribution in [0.4, 0.5) is 17.3 Å². The third-order valence-corrected chi connectivity index (χ3v) is 5.84. The molecule has 4 N–H and O–H groups in total. The first-order valence-electron chi connectivity index (χ1n) is 9.70. The first-order valence-corrected chi connectivity index (χ1v) is 11.5. The standard InChI is InChI=1S/C17H28ClN6O5P/c1-23(13(25)9-30(26)27)7-12(28-2)3-5-24-10-19-14-15(20-11-4-6-29-8-11)21-17(18)22-16(14)24/h11-12,19,26-27H,3-10H2,1-2H3,(H,20,21,22). The van der Waals surface area contributed by atoms with Gasteiger partial charge in [0.15, 0.2) is 20.0 Å². The van der Waals surface area contributed by atoms with E-state index in [0.717, 1.165) is 24.5 Å². The maximum atomic E-state index is 11.9. The van der Waals surface area contributed by atoms with Crippen molar-refractivity contribution >= 4 is 43.2 Å². The van der Waals surface area contributed by atoms with Crippen LogP contribution in [0.5, 0.6) is 0 Å². The van der Waals surface area contributed by atoms with Gasteiger partial charge in [0.05, 0.1) is 31.6 Å². The molecule has 0 bridgehead atoms. The van der Waals surface area contributed by atoms with Gasteiger partial charge in [0.2, 0.25) is 11.2 Å². The van der Waals surface area contributed by atoms with Gasteiger partial charge < -0.3 is 39.7 Å². The number of nitrogens with one attached hydrogen (secondary N) is 2. The van der Waals surface area contributed by atoms with Crippen LogP contribution in [0.25, 0.3) is 0 Å². The zero-order valence-corrected chi connectivity index (χ0v) is 18.7. The second-order valence-corrected chi connectivity index (χ2v) is 8.69. The summed E-state index contributed by atoms with van der Waals surface area (Å²) in [4.78, 5) is 42.2. The first kappa shape index (κ1) is 23.2. The van der Waals surface area contributed by atoms with Crippen molar-refractivity contribution in [3.05, 3.63) is 5.28 Å². The number of hydrogen-bond acceptors (Lipinski definition) is 10. The number of rotatable bonds is 10. The number of anilines is 3. The molecule has 168 valence electrons. The van der Waals surface area contributed by atoms with Gasteiger partial charge in [-0.3, -0.25) is 4.79 Å². The number of ether oxygens (including phenoxy) is 2. The molecule has 2 aliphatic rings. The van der Waals surface area contributed by atoms with Crippen molar-refractivity contribution in [2.45, 2.75) is 25.0 Å². The fourth-order valence-corrected chi connectivity index (χ4v) is 4.07. The molecule has 1 aromatic rings. The topological polar surface area (TPSA) is 132 Å². The molecule has 1 fully saturated rings. The van der Waals surface area contributed by atoms with Crippen LogP contribution in [0.1, 0.15) is 12.8 Å². The minimum atomic E-state index is -2.25. The molecule has 0 saturated carbocycles. The summed E-state index contributed by atoms with van der Waals surface area (Å²) < 4.78 is 10.9. The molecule has 0 aliphatic carbocycles. The Morgan fingerprint density at radius 1 is 1.53 bits per heavy atom. The molecule has 1 aromatic heterocycles. The highest BCUT2D eigenvalue weighted by atomic mass is 35.5. The van der Waals surface area contributed by atoms with Gasteiger partial charge in [-0.05, 0) is 24.4 Å². The molecule has 2 atom stereocenters. The monoisotopic (exact) mass is 462 g/mol. The van der Waals surface area contributed by atoms with E-state index in [2.05, 4.69) is 20.6 Å². The van der Waals surface area contributed by atoms with Crippen LogP contribution in [0.2, 0.25) is 5.28 Å². The van der Waals surface area contributed by atoms with Crippen molar-refractivity contribution in [1.82, 2.24) is 14.9 Å². The Hall–Kier alpha value is -1.49.